The summed E-state index contributed by atoms with van der Waals surface area (Å²) in [4.78, 5) is 25.6. The molecule has 2 rings (SSSR count). The van der Waals surface area contributed by atoms with E-state index < -0.39 is 0 Å². The molecule has 0 aromatic rings. The number of hydrogen-bond donors (Lipinski definition) is 2. The quantitative estimate of drug-likeness (QED) is 0.637. The lowest BCUT2D eigenvalue weighted by Crippen LogP contribution is -2.39. The van der Waals surface area contributed by atoms with Gasteiger partial charge in [0.2, 0.25) is 11.8 Å². The van der Waals surface area contributed by atoms with Crippen molar-refractivity contribution < 1.29 is 9.59 Å². The monoisotopic (exact) mass is 309 g/mol. The van der Waals surface area contributed by atoms with E-state index in [2.05, 4.69) is 22.6 Å². The Labute approximate surface area is 134 Å². The highest BCUT2D eigenvalue weighted by molar-refractivity contribution is 5.81. The Morgan fingerprint density at radius 1 is 1.00 bits per heavy atom. The minimum atomic E-state index is 0.0951. The average Bonchev–Trinajstić information content (AvgIpc) is 3.37. The summed E-state index contributed by atoms with van der Waals surface area (Å²) in [6.07, 6.45) is 9.93. The second-order valence-corrected chi connectivity index (χ2v) is 6.79. The fourth-order valence-corrected chi connectivity index (χ4v) is 3.11. The Balaban J connectivity index is 1.45. The Kier molecular flexibility index (Phi) is 7.16. The number of carbonyl (C=O) groups is 2. The van der Waals surface area contributed by atoms with E-state index >= 15 is 0 Å². The zero-order valence-corrected chi connectivity index (χ0v) is 13.9. The van der Waals surface area contributed by atoms with Crippen LogP contribution in [0.4, 0.5) is 0 Å². The summed E-state index contributed by atoms with van der Waals surface area (Å²) in [6, 6.07) is 0.697. The van der Waals surface area contributed by atoms with Gasteiger partial charge in [0.15, 0.2) is 0 Å². The van der Waals surface area contributed by atoms with Gasteiger partial charge >= 0.3 is 0 Å². The molecule has 126 valence electrons. The maximum Gasteiger partial charge on any atom is 0.223 e. The summed E-state index contributed by atoms with van der Waals surface area (Å²) in [6.45, 7) is 2.26. The zero-order valence-electron chi connectivity index (χ0n) is 13.9. The number of amides is 2. The number of rotatable bonds is 9. The van der Waals surface area contributed by atoms with Crippen LogP contribution in [0.1, 0.15) is 57.8 Å². The van der Waals surface area contributed by atoms with Gasteiger partial charge < -0.3 is 15.5 Å². The SMILES string of the molecule is CN(CCNC(=O)CCCNC(=O)C1CC1)C1CCCCC1. The predicted molar refractivity (Wildman–Crippen MR) is 87.5 cm³/mol. The third-order valence-electron chi connectivity index (χ3n) is 4.81. The molecule has 0 aromatic carbocycles. The summed E-state index contributed by atoms with van der Waals surface area (Å²) in [5.41, 5.74) is 0. The standard InChI is InChI=1S/C17H31N3O2/c1-20(15-6-3-2-4-7-15)13-12-18-16(21)8-5-11-19-17(22)14-9-10-14/h14-15H,2-13H2,1H3,(H,18,21)(H,19,22). The molecular formula is C17H31N3O2. The van der Waals surface area contributed by atoms with Gasteiger partial charge in [-0.25, -0.2) is 0 Å². The molecule has 0 heterocycles. The molecule has 0 spiro atoms. The third-order valence-corrected chi connectivity index (χ3v) is 4.81. The van der Waals surface area contributed by atoms with Gasteiger partial charge in [-0.05, 0) is 39.2 Å². The van der Waals surface area contributed by atoms with Crippen molar-refractivity contribution in [1.29, 1.82) is 0 Å². The van der Waals surface area contributed by atoms with Crippen LogP contribution in [0.3, 0.4) is 0 Å². The van der Waals surface area contributed by atoms with Crippen molar-refractivity contribution in [1.82, 2.24) is 15.5 Å². The first kappa shape index (κ1) is 17.3. The Hall–Kier alpha value is -1.10. The topological polar surface area (TPSA) is 61.4 Å². The Morgan fingerprint density at radius 2 is 1.73 bits per heavy atom. The van der Waals surface area contributed by atoms with E-state index in [1.54, 1.807) is 0 Å². The van der Waals surface area contributed by atoms with Gasteiger partial charge in [0, 0.05) is 38.0 Å². The Morgan fingerprint density at radius 3 is 2.41 bits per heavy atom. The van der Waals surface area contributed by atoms with Gasteiger partial charge in [-0.3, -0.25) is 9.59 Å². The molecule has 0 saturated heterocycles. The smallest absolute Gasteiger partial charge is 0.223 e. The van der Waals surface area contributed by atoms with Crippen molar-refractivity contribution in [3.05, 3.63) is 0 Å². The van der Waals surface area contributed by atoms with Gasteiger partial charge in [0.05, 0.1) is 0 Å². The van der Waals surface area contributed by atoms with Crippen LogP contribution in [0, 0.1) is 5.92 Å². The molecular weight excluding hydrogens is 278 g/mol. The van der Waals surface area contributed by atoms with Crippen LogP contribution in [-0.4, -0.2) is 49.4 Å². The summed E-state index contributed by atoms with van der Waals surface area (Å²) in [5, 5.41) is 5.87. The normalized spacial score (nSPS) is 19.2. The molecule has 5 heteroatoms. The van der Waals surface area contributed by atoms with E-state index in [-0.39, 0.29) is 17.7 Å². The first-order chi connectivity index (χ1) is 10.7. The molecule has 2 aliphatic rings. The molecule has 2 amide bonds. The van der Waals surface area contributed by atoms with Crippen molar-refractivity contribution in [2.24, 2.45) is 5.92 Å². The lowest BCUT2D eigenvalue weighted by atomic mass is 9.94. The van der Waals surface area contributed by atoms with Crippen molar-refractivity contribution in [2.75, 3.05) is 26.7 Å². The van der Waals surface area contributed by atoms with E-state index in [9.17, 15) is 9.59 Å². The molecule has 0 bridgehead atoms. The van der Waals surface area contributed by atoms with Crippen LogP contribution in [0.15, 0.2) is 0 Å². The van der Waals surface area contributed by atoms with E-state index in [0.717, 1.165) is 32.4 Å². The van der Waals surface area contributed by atoms with Crippen LogP contribution in [0.5, 0.6) is 0 Å². The zero-order chi connectivity index (χ0) is 15.8. The summed E-state index contributed by atoms with van der Waals surface area (Å²) >= 11 is 0. The van der Waals surface area contributed by atoms with Crippen LogP contribution >= 0.6 is 0 Å². The average molecular weight is 309 g/mol. The van der Waals surface area contributed by atoms with Gasteiger partial charge in [-0.1, -0.05) is 19.3 Å². The number of nitrogens with zero attached hydrogens (tertiary/aromatic N) is 1. The maximum atomic E-state index is 11.7. The van der Waals surface area contributed by atoms with Crippen molar-refractivity contribution >= 4 is 11.8 Å². The highest BCUT2D eigenvalue weighted by Gasteiger charge is 2.28. The van der Waals surface area contributed by atoms with Gasteiger partial charge in [-0.2, -0.15) is 0 Å². The van der Waals surface area contributed by atoms with Crippen LogP contribution in [-0.2, 0) is 9.59 Å². The number of likely N-dealkylation sites (N-methyl/N-ethyl adjacent to an activating group) is 1. The second-order valence-electron chi connectivity index (χ2n) is 6.79. The molecule has 22 heavy (non-hydrogen) atoms. The van der Waals surface area contributed by atoms with Crippen molar-refractivity contribution in [2.45, 2.75) is 63.8 Å². The van der Waals surface area contributed by atoms with Crippen LogP contribution < -0.4 is 10.6 Å². The maximum absolute atomic E-state index is 11.7. The minimum Gasteiger partial charge on any atom is -0.356 e. The van der Waals surface area contributed by atoms with Gasteiger partial charge in [0.25, 0.3) is 0 Å². The molecule has 0 atom stereocenters. The van der Waals surface area contributed by atoms with Gasteiger partial charge in [0.1, 0.15) is 0 Å². The Bertz CT molecular complexity index is 363. The number of carbonyl (C=O) groups excluding carboxylic acids is 2. The lowest BCUT2D eigenvalue weighted by molar-refractivity contribution is -0.123. The lowest BCUT2D eigenvalue weighted by Gasteiger charge is -2.31. The van der Waals surface area contributed by atoms with Gasteiger partial charge in [-0.15, -0.1) is 0 Å². The summed E-state index contributed by atoms with van der Waals surface area (Å²) in [5.74, 6) is 0.511. The second kappa shape index (κ2) is 9.13. The molecule has 2 N–H and O–H groups in total. The molecule has 5 nitrogen and oxygen atoms in total. The first-order valence-electron chi connectivity index (χ1n) is 8.91. The highest BCUT2D eigenvalue weighted by atomic mass is 16.2. The van der Waals surface area contributed by atoms with E-state index in [1.807, 2.05) is 0 Å². The fourth-order valence-electron chi connectivity index (χ4n) is 3.11. The highest BCUT2D eigenvalue weighted by Crippen LogP contribution is 2.28. The molecule has 2 saturated carbocycles. The summed E-state index contributed by atoms with van der Waals surface area (Å²) < 4.78 is 0. The van der Waals surface area contributed by atoms with E-state index in [4.69, 9.17) is 0 Å². The fraction of sp³-hybridized carbons (Fsp3) is 0.882. The largest absolute Gasteiger partial charge is 0.356 e. The molecule has 0 aromatic heterocycles. The molecule has 0 radical (unpaired) electrons. The number of hydrogen-bond acceptors (Lipinski definition) is 3. The van der Waals surface area contributed by atoms with E-state index in [1.165, 1.54) is 32.1 Å². The molecule has 2 fully saturated rings. The van der Waals surface area contributed by atoms with Crippen LogP contribution in [0.25, 0.3) is 0 Å². The number of nitrogens with one attached hydrogen (secondary N) is 2. The van der Waals surface area contributed by atoms with Crippen LogP contribution in [0.2, 0.25) is 0 Å². The predicted octanol–water partition coefficient (Wildman–Crippen LogP) is 1.67. The third kappa shape index (κ3) is 6.34. The summed E-state index contributed by atoms with van der Waals surface area (Å²) in [7, 11) is 2.16. The molecule has 0 aliphatic heterocycles. The molecule has 0 unspecified atom stereocenters. The van der Waals surface area contributed by atoms with E-state index in [0.29, 0.717) is 19.0 Å². The molecule has 2 aliphatic carbocycles. The van der Waals surface area contributed by atoms with Crippen molar-refractivity contribution in [3.63, 3.8) is 0 Å². The minimum absolute atomic E-state index is 0.0951. The first-order valence-corrected chi connectivity index (χ1v) is 8.91. The van der Waals surface area contributed by atoms with Crippen molar-refractivity contribution in [3.8, 4) is 0 Å².